The van der Waals surface area contributed by atoms with E-state index in [9.17, 15) is 0 Å². The number of aromatic amines is 4. The van der Waals surface area contributed by atoms with Crippen LogP contribution in [0.1, 0.15) is 35.3 Å². The molecule has 0 aliphatic carbocycles. The van der Waals surface area contributed by atoms with Gasteiger partial charge < -0.3 is 19.9 Å². The van der Waals surface area contributed by atoms with Crippen molar-refractivity contribution >= 4 is 24.3 Å². The van der Waals surface area contributed by atoms with Gasteiger partial charge in [0.15, 0.2) is 0 Å². The molecule has 0 amide bonds. The highest BCUT2D eigenvalue weighted by atomic mass is 14.8. The molecule has 0 unspecified atom stereocenters. The van der Waals surface area contributed by atoms with Crippen LogP contribution in [-0.4, -0.2) is 19.9 Å². The van der Waals surface area contributed by atoms with E-state index < -0.39 is 0 Å². The van der Waals surface area contributed by atoms with Gasteiger partial charge in [0.05, 0.1) is 0 Å². The summed E-state index contributed by atoms with van der Waals surface area (Å²) < 4.78 is 0. The lowest BCUT2D eigenvalue weighted by Crippen LogP contribution is -2.12. The van der Waals surface area contributed by atoms with Crippen LogP contribution in [0.5, 0.6) is 0 Å². The minimum absolute atomic E-state index is 0.991. The van der Waals surface area contributed by atoms with Gasteiger partial charge in [0.2, 0.25) is 0 Å². The molecule has 5 rings (SSSR count). The van der Waals surface area contributed by atoms with Crippen LogP contribution in [0.3, 0.4) is 0 Å². The van der Waals surface area contributed by atoms with E-state index in [0.29, 0.717) is 0 Å². The normalized spacial score (nSPS) is 12.7. The highest BCUT2D eigenvalue weighted by molar-refractivity contribution is 5.55. The first kappa shape index (κ1) is 14.9. The molecule has 0 fully saturated rings. The number of nitrogens with one attached hydrogen (secondary N) is 4. The highest BCUT2D eigenvalue weighted by Crippen LogP contribution is 2.05. The Balaban J connectivity index is 1.80. The minimum atomic E-state index is 0.991. The Morgan fingerprint density at radius 1 is 0.577 bits per heavy atom. The van der Waals surface area contributed by atoms with Crippen LogP contribution in [0.4, 0.5) is 0 Å². The van der Waals surface area contributed by atoms with Crippen LogP contribution in [0.15, 0.2) is 42.5 Å². The quantitative estimate of drug-likeness (QED) is 0.354. The third kappa shape index (κ3) is 2.75. The summed E-state index contributed by atoms with van der Waals surface area (Å²) in [6.45, 7) is 2.19. The van der Waals surface area contributed by atoms with E-state index in [1.807, 2.05) is 0 Å². The zero-order valence-corrected chi connectivity index (χ0v) is 14.6. The molecule has 4 aromatic rings. The number of aryl methyl sites for hydroxylation is 1. The molecule has 128 valence electrons. The lowest BCUT2D eigenvalue weighted by Gasteiger charge is -1.90. The van der Waals surface area contributed by atoms with Crippen LogP contribution < -0.4 is 21.4 Å². The van der Waals surface area contributed by atoms with Crippen molar-refractivity contribution in [1.82, 2.24) is 19.9 Å². The SMILES string of the molecule is CCc1cc2[nH]c1=Cc1ccc([nH]1)C=c1ccc([nH]1)=Cc1ccc([nH]1)C=2. The zero-order chi connectivity index (χ0) is 17.5. The zero-order valence-electron chi connectivity index (χ0n) is 14.6. The number of H-pyrrole nitrogens is 4. The van der Waals surface area contributed by atoms with Crippen molar-refractivity contribution < 1.29 is 0 Å². The molecule has 4 heteroatoms. The maximum Gasteiger partial charge on any atom is 0.0438 e. The van der Waals surface area contributed by atoms with Crippen molar-refractivity contribution in [2.24, 2.45) is 0 Å². The first-order valence-electron chi connectivity index (χ1n) is 8.93. The Bertz CT molecular complexity index is 1320. The molecule has 26 heavy (non-hydrogen) atoms. The first-order chi connectivity index (χ1) is 12.7. The summed E-state index contributed by atoms with van der Waals surface area (Å²) in [4.78, 5) is 13.9. The van der Waals surface area contributed by atoms with E-state index in [4.69, 9.17) is 0 Å². The Kier molecular flexibility index (Phi) is 3.35. The summed E-state index contributed by atoms with van der Waals surface area (Å²) >= 11 is 0. The largest absolute Gasteiger partial charge is 0.355 e. The van der Waals surface area contributed by atoms with Crippen molar-refractivity contribution in [2.45, 2.75) is 13.3 Å². The second kappa shape index (κ2) is 5.85. The monoisotopic (exact) mass is 340 g/mol. The fourth-order valence-corrected chi connectivity index (χ4v) is 3.49. The Morgan fingerprint density at radius 3 is 1.69 bits per heavy atom. The summed E-state index contributed by atoms with van der Waals surface area (Å²) in [5.74, 6) is 0. The first-order valence-corrected chi connectivity index (χ1v) is 8.93. The average molecular weight is 340 g/mol. The molecule has 5 heterocycles. The topological polar surface area (TPSA) is 63.2 Å². The molecule has 8 bridgehead atoms. The molecule has 0 radical (unpaired) electrons. The lowest BCUT2D eigenvalue weighted by atomic mass is 10.2. The van der Waals surface area contributed by atoms with Gasteiger partial charge in [0.25, 0.3) is 0 Å². The summed E-state index contributed by atoms with van der Waals surface area (Å²) in [6, 6.07) is 14.8. The average Bonchev–Trinajstić information content (AvgIpc) is 3.39. The predicted octanol–water partition coefficient (Wildman–Crippen LogP) is 1.19. The van der Waals surface area contributed by atoms with Gasteiger partial charge in [-0.25, -0.2) is 0 Å². The molecular formula is C22H20N4. The summed E-state index contributed by atoms with van der Waals surface area (Å²) in [6.07, 6.45) is 9.55. The van der Waals surface area contributed by atoms with E-state index >= 15 is 0 Å². The van der Waals surface area contributed by atoms with Crippen LogP contribution in [0, 0.1) is 0 Å². The standard InChI is InChI=1S/C22H20N4/c1-2-14-9-21-12-19-6-5-17(24-19)10-15-3-4-16(23-15)11-18-7-8-20(25-18)13-22(14)26-21/h3-13,23-26H,2H2,1H3. The molecule has 0 atom stereocenters. The number of fused-ring (bicyclic) bond motifs is 8. The Labute approximate surface area is 150 Å². The van der Waals surface area contributed by atoms with Crippen LogP contribution >= 0.6 is 0 Å². The molecule has 0 saturated carbocycles. The van der Waals surface area contributed by atoms with Gasteiger partial charge in [-0.3, -0.25) is 0 Å². The van der Waals surface area contributed by atoms with Gasteiger partial charge in [-0.1, -0.05) is 6.92 Å². The van der Waals surface area contributed by atoms with Gasteiger partial charge in [0.1, 0.15) is 0 Å². The van der Waals surface area contributed by atoms with Crippen molar-refractivity contribution in [1.29, 1.82) is 0 Å². The lowest BCUT2D eigenvalue weighted by molar-refractivity contribution is 1.11. The van der Waals surface area contributed by atoms with E-state index in [1.165, 1.54) is 5.56 Å². The van der Waals surface area contributed by atoms with Crippen LogP contribution in [0.25, 0.3) is 24.3 Å². The maximum atomic E-state index is 3.54. The Morgan fingerprint density at radius 2 is 1.12 bits per heavy atom. The fourth-order valence-electron chi connectivity index (χ4n) is 3.49. The second-order valence-electron chi connectivity index (χ2n) is 6.70. The molecular weight excluding hydrogens is 320 g/mol. The molecule has 4 nitrogen and oxygen atoms in total. The Hall–Kier alpha value is -3.40. The van der Waals surface area contributed by atoms with E-state index in [2.05, 4.69) is 93.6 Å². The maximum absolute atomic E-state index is 3.54. The van der Waals surface area contributed by atoms with Gasteiger partial charge in [-0.2, -0.15) is 0 Å². The third-order valence-corrected chi connectivity index (χ3v) is 4.76. The van der Waals surface area contributed by atoms with Gasteiger partial charge in [0, 0.05) is 44.2 Å². The van der Waals surface area contributed by atoms with E-state index in [0.717, 1.165) is 50.6 Å². The van der Waals surface area contributed by atoms with Crippen molar-refractivity contribution in [3.05, 3.63) is 92.2 Å². The van der Waals surface area contributed by atoms with Crippen LogP contribution in [0.2, 0.25) is 0 Å². The van der Waals surface area contributed by atoms with Crippen molar-refractivity contribution in [2.75, 3.05) is 0 Å². The molecule has 4 aromatic heterocycles. The summed E-state index contributed by atoms with van der Waals surface area (Å²) in [5, 5.41) is 4.41. The van der Waals surface area contributed by atoms with Gasteiger partial charge in [-0.05, 0) is 78.8 Å². The third-order valence-electron chi connectivity index (χ3n) is 4.76. The number of hydrogen-bond acceptors (Lipinski definition) is 0. The smallest absolute Gasteiger partial charge is 0.0438 e. The number of aromatic nitrogens is 4. The molecule has 0 aromatic carbocycles. The second-order valence-corrected chi connectivity index (χ2v) is 6.70. The molecule has 1 aliphatic rings. The number of rotatable bonds is 1. The van der Waals surface area contributed by atoms with Crippen LogP contribution in [-0.2, 0) is 6.42 Å². The van der Waals surface area contributed by atoms with E-state index in [1.54, 1.807) is 0 Å². The van der Waals surface area contributed by atoms with Crippen molar-refractivity contribution in [3.8, 4) is 0 Å². The molecule has 0 saturated heterocycles. The summed E-state index contributed by atoms with van der Waals surface area (Å²) in [5.41, 5.74) is 5.64. The van der Waals surface area contributed by atoms with Crippen molar-refractivity contribution in [3.63, 3.8) is 0 Å². The molecule has 4 N–H and O–H groups in total. The minimum Gasteiger partial charge on any atom is -0.355 e. The molecule has 1 aliphatic heterocycles. The van der Waals surface area contributed by atoms with Gasteiger partial charge in [-0.15, -0.1) is 0 Å². The van der Waals surface area contributed by atoms with Gasteiger partial charge >= 0.3 is 0 Å². The number of hydrogen-bond donors (Lipinski definition) is 4. The highest BCUT2D eigenvalue weighted by Gasteiger charge is 2.01. The summed E-state index contributed by atoms with van der Waals surface area (Å²) in [7, 11) is 0. The van der Waals surface area contributed by atoms with E-state index in [-0.39, 0.29) is 0 Å². The predicted molar refractivity (Wildman–Crippen MR) is 105 cm³/mol. The fraction of sp³-hybridized carbons (Fsp3) is 0.0909. The molecule has 0 spiro atoms.